The molecule has 0 bridgehead atoms. The van der Waals surface area contributed by atoms with E-state index < -0.39 is 5.82 Å². The topological polar surface area (TPSA) is 21.3 Å². The summed E-state index contributed by atoms with van der Waals surface area (Å²) in [7, 11) is 0. The average molecular weight is 272 g/mol. The molecule has 0 aromatic heterocycles. The molecular formula is C14H19ClFNO. The maximum absolute atomic E-state index is 13.5. The Morgan fingerprint density at radius 2 is 2.11 bits per heavy atom. The van der Waals surface area contributed by atoms with Gasteiger partial charge in [-0.1, -0.05) is 17.7 Å². The molecule has 1 N–H and O–H groups in total. The number of unbranched alkanes of at least 4 members (excludes halogenated alkanes) is 2. The third-order valence-corrected chi connectivity index (χ3v) is 3.30. The second kappa shape index (κ2) is 6.95. The van der Waals surface area contributed by atoms with Crippen LogP contribution in [0.3, 0.4) is 0 Å². The molecule has 2 rings (SSSR count). The summed E-state index contributed by atoms with van der Waals surface area (Å²) in [5.74, 6) is -0.215. The van der Waals surface area contributed by atoms with E-state index in [2.05, 4.69) is 5.32 Å². The van der Waals surface area contributed by atoms with Crippen molar-refractivity contribution < 1.29 is 9.13 Å². The lowest BCUT2D eigenvalue weighted by atomic mass is 10.2. The van der Waals surface area contributed by atoms with Gasteiger partial charge in [-0.25, -0.2) is 4.39 Å². The molecule has 0 unspecified atom stereocenters. The molecule has 0 spiro atoms. The fourth-order valence-electron chi connectivity index (χ4n) is 1.78. The molecule has 1 aliphatic rings. The first-order valence-electron chi connectivity index (χ1n) is 6.57. The summed E-state index contributed by atoms with van der Waals surface area (Å²) < 4.78 is 18.8. The van der Waals surface area contributed by atoms with E-state index in [0.29, 0.717) is 6.61 Å². The number of benzene rings is 1. The minimum absolute atomic E-state index is 0.112. The van der Waals surface area contributed by atoms with Crippen LogP contribution in [0.5, 0.6) is 5.75 Å². The van der Waals surface area contributed by atoms with E-state index in [-0.39, 0.29) is 10.8 Å². The maximum Gasteiger partial charge on any atom is 0.183 e. The van der Waals surface area contributed by atoms with Gasteiger partial charge >= 0.3 is 0 Å². The number of rotatable bonds is 8. The molecule has 100 valence electrons. The van der Waals surface area contributed by atoms with E-state index in [4.69, 9.17) is 16.3 Å². The molecule has 0 amide bonds. The number of ether oxygens (including phenoxy) is 1. The molecule has 0 heterocycles. The molecule has 1 aromatic carbocycles. The van der Waals surface area contributed by atoms with E-state index in [9.17, 15) is 4.39 Å². The van der Waals surface area contributed by atoms with E-state index in [1.165, 1.54) is 18.9 Å². The van der Waals surface area contributed by atoms with Crippen LogP contribution in [0.25, 0.3) is 0 Å². The first-order chi connectivity index (χ1) is 8.77. The Hall–Kier alpha value is -0.800. The number of nitrogens with one attached hydrogen (secondary N) is 1. The van der Waals surface area contributed by atoms with E-state index in [0.717, 1.165) is 31.8 Å². The summed E-state index contributed by atoms with van der Waals surface area (Å²) in [6.45, 7) is 1.62. The smallest absolute Gasteiger partial charge is 0.183 e. The minimum Gasteiger partial charge on any atom is -0.490 e. The lowest BCUT2D eigenvalue weighted by Gasteiger charge is -2.08. The highest BCUT2D eigenvalue weighted by atomic mass is 35.5. The Balaban J connectivity index is 1.55. The molecular weight excluding hydrogens is 253 g/mol. The fraction of sp³-hybridized carbons (Fsp3) is 0.571. The molecule has 2 nitrogen and oxygen atoms in total. The van der Waals surface area contributed by atoms with Crippen LogP contribution in [0.15, 0.2) is 18.2 Å². The molecule has 1 aliphatic carbocycles. The number of hydrogen-bond donors (Lipinski definition) is 1. The molecule has 0 atom stereocenters. The van der Waals surface area contributed by atoms with Crippen molar-refractivity contribution in [3.05, 3.63) is 29.0 Å². The zero-order valence-corrected chi connectivity index (χ0v) is 11.2. The first-order valence-corrected chi connectivity index (χ1v) is 6.95. The minimum atomic E-state index is -0.463. The van der Waals surface area contributed by atoms with Gasteiger partial charge in [-0.05, 0) is 50.8 Å². The van der Waals surface area contributed by atoms with Crippen LogP contribution in [-0.2, 0) is 0 Å². The van der Waals surface area contributed by atoms with E-state index in [1.807, 2.05) is 0 Å². The lowest BCUT2D eigenvalue weighted by molar-refractivity contribution is 0.290. The van der Waals surface area contributed by atoms with Crippen LogP contribution in [0, 0.1) is 5.82 Å². The van der Waals surface area contributed by atoms with Crippen LogP contribution < -0.4 is 10.1 Å². The summed E-state index contributed by atoms with van der Waals surface area (Å²) in [5.41, 5.74) is 0. The van der Waals surface area contributed by atoms with Gasteiger partial charge < -0.3 is 10.1 Å². The van der Waals surface area contributed by atoms with Gasteiger partial charge in [0, 0.05) is 6.04 Å². The van der Waals surface area contributed by atoms with Crippen molar-refractivity contribution in [1.29, 1.82) is 0 Å². The van der Waals surface area contributed by atoms with Crippen molar-refractivity contribution in [1.82, 2.24) is 5.32 Å². The van der Waals surface area contributed by atoms with Crippen LogP contribution in [-0.4, -0.2) is 19.2 Å². The van der Waals surface area contributed by atoms with Gasteiger partial charge in [-0.15, -0.1) is 0 Å². The van der Waals surface area contributed by atoms with Gasteiger partial charge in [0.15, 0.2) is 11.6 Å². The van der Waals surface area contributed by atoms with Crippen molar-refractivity contribution in [2.75, 3.05) is 13.2 Å². The van der Waals surface area contributed by atoms with Crippen LogP contribution in [0.1, 0.15) is 32.1 Å². The van der Waals surface area contributed by atoms with Gasteiger partial charge in [0.25, 0.3) is 0 Å². The Morgan fingerprint density at radius 3 is 2.89 bits per heavy atom. The van der Waals surface area contributed by atoms with Crippen molar-refractivity contribution in [3.63, 3.8) is 0 Å². The monoisotopic (exact) mass is 271 g/mol. The molecule has 1 saturated carbocycles. The van der Waals surface area contributed by atoms with Gasteiger partial charge in [0.1, 0.15) is 0 Å². The standard InChI is InChI=1S/C14H19ClFNO/c15-12-5-4-6-13(14(12)16)18-10-3-1-2-9-17-11-7-8-11/h4-6,11,17H,1-3,7-10H2. The van der Waals surface area contributed by atoms with Gasteiger partial charge in [-0.3, -0.25) is 0 Å². The normalized spacial score (nSPS) is 14.8. The van der Waals surface area contributed by atoms with Crippen LogP contribution in [0.2, 0.25) is 5.02 Å². The van der Waals surface area contributed by atoms with Crippen molar-refractivity contribution in [3.8, 4) is 5.75 Å². The third-order valence-electron chi connectivity index (χ3n) is 3.01. The lowest BCUT2D eigenvalue weighted by Crippen LogP contribution is -2.17. The number of halogens is 2. The summed E-state index contributed by atoms with van der Waals surface area (Å²) in [6, 6.07) is 5.60. The van der Waals surface area contributed by atoms with Gasteiger partial charge in [-0.2, -0.15) is 0 Å². The first kappa shape index (κ1) is 13.6. The molecule has 0 saturated heterocycles. The second-order valence-corrected chi connectivity index (χ2v) is 5.10. The zero-order chi connectivity index (χ0) is 12.8. The Morgan fingerprint density at radius 1 is 1.28 bits per heavy atom. The van der Waals surface area contributed by atoms with E-state index in [1.54, 1.807) is 12.1 Å². The van der Waals surface area contributed by atoms with Crippen molar-refractivity contribution in [2.24, 2.45) is 0 Å². The predicted molar refractivity (Wildman–Crippen MR) is 71.8 cm³/mol. The highest BCUT2D eigenvalue weighted by Crippen LogP contribution is 2.24. The van der Waals surface area contributed by atoms with Gasteiger partial charge in [0.2, 0.25) is 0 Å². The van der Waals surface area contributed by atoms with Gasteiger partial charge in [0.05, 0.1) is 11.6 Å². The molecule has 0 radical (unpaired) electrons. The predicted octanol–water partition coefficient (Wildman–Crippen LogP) is 3.78. The van der Waals surface area contributed by atoms with Crippen LogP contribution in [0.4, 0.5) is 4.39 Å². The Bertz CT molecular complexity index is 382. The molecule has 0 aliphatic heterocycles. The summed E-state index contributed by atoms with van der Waals surface area (Å²) >= 11 is 5.67. The van der Waals surface area contributed by atoms with Crippen molar-refractivity contribution in [2.45, 2.75) is 38.1 Å². The quantitative estimate of drug-likeness (QED) is 0.727. The van der Waals surface area contributed by atoms with Crippen molar-refractivity contribution >= 4 is 11.6 Å². The third kappa shape index (κ3) is 4.46. The maximum atomic E-state index is 13.5. The zero-order valence-electron chi connectivity index (χ0n) is 10.4. The molecule has 18 heavy (non-hydrogen) atoms. The average Bonchev–Trinajstić information content (AvgIpc) is 3.17. The molecule has 1 aromatic rings. The largest absolute Gasteiger partial charge is 0.490 e. The molecule has 4 heteroatoms. The summed E-state index contributed by atoms with van der Waals surface area (Å²) in [4.78, 5) is 0. The summed E-state index contributed by atoms with van der Waals surface area (Å²) in [5, 5.41) is 3.58. The highest BCUT2D eigenvalue weighted by molar-refractivity contribution is 6.30. The molecule has 1 fully saturated rings. The SMILES string of the molecule is Fc1c(Cl)cccc1OCCCCCNC1CC1. The number of hydrogen-bond acceptors (Lipinski definition) is 2. The fourth-order valence-corrected chi connectivity index (χ4v) is 1.94. The Kier molecular flexibility index (Phi) is 5.26. The second-order valence-electron chi connectivity index (χ2n) is 4.69. The summed E-state index contributed by atoms with van der Waals surface area (Å²) in [6.07, 6.45) is 5.85. The van der Waals surface area contributed by atoms with E-state index >= 15 is 0 Å². The Labute approximate surface area is 112 Å². The highest BCUT2D eigenvalue weighted by Gasteiger charge is 2.19. The van der Waals surface area contributed by atoms with Crippen LogP contribution >= 0.6 is 11.6 Å².